The fraction of sp³-hybridized carbons (Fsp3) is 0.138. The number of rotatable bonds is 2. The van der Waals surface area contributed by atoms with Gasteiger partial charge < -0.3 is 8.83 Å². The fourth-order valence-electron chi connectivity index (χ4n) is 4.56. The van der Waals surface area contributed by atoms with Gasteiger partial charge >= 0.3 is 0 Å². The second-order valence-electron chi connectivity index (χ2n) is 9.32. The fourth-order valence-corrected chi connectivity index (χ4v) is 4.56. The standard InChI is InChI=1S/C29H23NO2/c1-29(2,3)24-15-19(14-18-8-4-5-9-20(18)24)28-22-16-27(32-26(22)12-13-30-28)23-17-31-25-11-7-6-10-21(23)25/h4-17H,1-3H3. The number of pyridine rings is 1. The topological polar surface area (TPSA) is 39.2 Å². The van der Waals surface area contributed by atoms with Crippen LogP contribution in [0.2, 0.25) is 0 Å². The molecule has 0 N–H and O–H groups in total. The van der Waals surface area contributed by atoms with Crippen LogP contribution in [-0.4, -0.2) is 4.98 Å². The average Bonchev–Trinajstić information content (AvgIpc) is 3.41. The van der Waals surface area contributed by atoms with E-state index in [1.54, 1.807) is 6.26 Å². The third kappa shape index (κ3) is 2.93. The molecule has 3 aromatic carbocycles. The van der Waals surface area contributed by atoms with Gasteiger partial charge in [-0.2, -0.15) is 0 Å². The summed E-state index contributed by atoms with van der Waals surface area (Å²) < 4.78 is 12.0. The van der Waals surface area contributed by atoms with E-state index in [0.29, 0.717) is 0 Å². The van der Waals surface area contributed by atoms with Gasteiger partial charge in [0.2, 0.25) is 0 Å². The molecule has 0 aliphatic rings. The highest BCUT2D eigenvalue weighted by Crippen LogP contribution is 2.39. The van der Waals surface area contributed by atoms with Gasteiger partial charge in [-0.1, -0.05) is 63.2 Å². The van der Waals surface area contributed by atoms with Gasteiger partial charge in [0.25, 0.3) is 0 Å². The summed E-state index contributed by atoms with van der Waals surface area (Å²) in [4.78, 5) is 4.78. The molecule has 0 saturated heterocycles. The van der Waals surface area contributed by atoms with E-state index in [1.807, 2.05) is 30.5 Å². The van der Waals surface area contributed by atoms with Crippen molar-refractivity contribution < 1.29 is 8.83 Å². The van der Waals surface area contributed by atoms with Gasteiger partial charge in [0.15, 0.2) is 0 Å². The van der Waals surface area contributed by atoms with Crippen molar-refractivity contribution in [2.75, 3.05) is 0 Å². The molecule has 32 heavy (non-hydrogen) atoms. The van der Waals surface area contributed by atoms with Crippen LogP contribution in [0.1, 0.15) is 26.3 Å². The van der Waals surface area contributed by atoms with Crippen molar-refractivity contribution in [1.29, 1.82) is 0 Å². The molecule has 0 aliphatic heterocycles. The highest BCUT2D eigenvalue weighted by Gasteiger charge is 2.20. The molecule has 3 heterocycles. The highest BCUT2D eigenvalue weighted by atomic mass is 16.3. The van der Waals surface area contributed by atoms with Crippen molar-refractivity contribution in [3.63, 3.8) is 0 Å². The van der Waals surface area contributed by atoms with E-state index in [4.69, 9.17) is 13.8 Å². The highest BCUT2D eigenvalue weighted by molar-refractivity contribution is 6.00. The normalized spacial score (nSPS) is 12.2. The first-order valence-electron chi connectivity index (χ1n) is 10.9. The van der Waals surface area contributed by atoms with Gasteiger partial charge in [-0.25, -0.2) is 0 Å². The Balaban J connectivity index is 1.59. The summed E-state index contributed by atoms with van der Waals surface area (Å²) in [5.74, 6) is 0.788. The zero-order chi connectivity index (χ0) is 21.9. The molecule has 0 aliphatic carbocycles. The third-order valence-electron chi connectivity index (χ3n) is 6.14. The third-order valence-corrected chi connectivity index (χ3v) is 6.14. The van der Waals surface area contributed by atoms with Crippen molar-refractivity contribution in [2.24, 2.45) is 0 Å². The molecule has 6 aromatic rings. The first kappa shape index (κ1) is 18.9. The molecule has 3 heteroatoms. The molecule has 0 fully saturated rings. The molecule has 0 bridgehead atoms. The Kier molecular flexibility index (Phi) is 4.03. The van der Waals surface area contributed by atoms with E-state index in [-0.39, 0.29) is 5.41 Å². The molecule has 0 spiro atoms. The number of furan rings is 2. The maximum atomic E-state index is 6.27. The Bertz CT molecular complexity index is 1610. The van der Waals surface area contributed by atoms with E-state index in [2.05, 4.69) is 69.3 Å². The van der Waals surface area contributed by atoms with Crippen LogP contribution in [0.15, 0.2) is 94.1 Å². The van der Waals surface area contributed by atoms with Crippen LogP contribution in [0.4, 0.5) is 0 Å². The zero-order valence-electron chi connectivity index (χ0n) is 18.3. The smallest absolute Gasteiger partial charge is 0.139 e. The molecule has 156 valence electrons. The Morgan fingerprint density at radius 1 is 0.750 bits per heavy atom. The lowest BCUT2D eigenvalue weighted by molar-refractivity contribution is 0.596. The molecule has 0 radical (unpaired) electrons. The lowest BCUT2D eigenvalue weighted by Crippen LogP contribution is -2.12. The lowest BCUT2D eigenvalue weighted by atomic mass is 9.82. The Hall–Kier alpha value is -3.85. The molecule has 3 nitrogen and oxygen atoms in total. The van der Waals surface area contributed by atoms with Crippen molar-refractivity contribution in [3.8, 4) is 22.6 Å². The van der Waals surface area contributed by atoms with Gasteiger partial charge in [-0.15, -0.1) is 0 Å². The zero-order valence-corrected chi connectivity index (χ0v) is 18.3. The van der Waals surface area contributed by atoms with E-state index >= 15 is 0 Å². The largest absolute Gasteiger partial charge is 0.464 e. The molecule has 0 atom stereocenters. The maximum Gasteiger partial charge on any atom is 0.139 e. The van der Waals surface area contributed by atoms with Crippen LogP contribution >= 0.6 is 0 Å². The predicted octanol–water partition coefficient (Wildman–Crippen LogP) is 8.36. The summed E-state index contributed by atoms with van der Waals surface area (Å²) in [7, 11) is 0. The van der Waals surface area contributed by atoms with Crippen LogP contribution in [0.25, 0.3) is 55.3 Å². The summed E-state index contributed by atoms with van der Waals surface area (Å²) in [6.45, 7) is 6.77. The molecule has 0 saturated carbocycles. The summed E-state index contributed by atoms with van der Waals surface area (Å²) in [6.07, 6.45) is 3.59. The number of fused-ring (bicyclic) bond motifs is 3. The van der Waals surface area contributed by atoms with E-state index < -0.39 is 0 Å². The van der Waals surface area contributed by atoms with Crippen molar-refractivity contribution in [3.05, 3.63) is 90.8 Å². The molecular formula is C29H23NO2. The van der Waals surface area contributed by atoms with Gasteiger partial charge in [-0.3, -0.25) is 4.98 Å². The van der Waals surface area contributed by atoms with E-state index in [0.717, 1.165) is 44.5 Å². The van der Waals surface area contributed by atoms with Crippen LogP contribution in [0.5, 0.6) is 0 Å². The van der Waals surface area contributed by atoms with Crippen LogP contribution in [0.3, 0.4) is 0 Å². The minimum Gasteiger partial charge on any atom is -0.464 e. The number of hydrogen-bond acceptors (Lipinski definition) is 3. The summed E-state index contributed by atoms with van der Waals surface area (Å²) in [6, 6.07) is 25.1. The molecular weight excluding hydrogens is 394 g/mol. The van der Waals surface area contributed by atoms with Crippen LogP contribution in [0, 0.1) is 0 Å². The first-order chi connectivity index (χ1) is 15.5. The minimum atomic E-state index is 0.0147. The first-order valence-corrected chi connectivity index (χ1v) is 10.9. The number of aromatic nitrogens is 1. The van der Waals surface area contributed by atoms with E-state index in [9.17, 15) is 0 Å². The van der Waals surface area contributed by atoms with Crippen LogP contribution in [-0.2, 0) is 5.41 Å². The van der Waals surface area contributed by atoms with Gasteiger partial charge in [0.05, 0.1) is 11.3 Å². The Morgan fingerprint density at radius 2 is 1.53 bits per heavy atom. The minimum absolute atomic E-state index is 0.0147. The number of hydrogen-bond donors (Lipinski definition) is 0. The van der Waals surface area contributed by atoms with E-state index in [1.165, 1.54) is 16.3 Å². The monoisotopic (exact) mass is 417 g/mol. The maximum absolute atomic E-state index is 6.27. The SMILES string of the molecule is CC(C)(C)c1cc(-c2nccc3oc(-c4coc5ccccc45)cc23)cc2ccccc12. The summed E-state index contributed by atoms with van der Waals surface area (Å²) >= 11 is 0. The van der Waals surface area contributed by atoms with Crippen LogP contribution < -0.4 is 0 Å². The second-order valence-corrected chi connectivity index (χ2v) is 9.32. The Labute approximate surface area is 186 Å². The van der Waals surface area contributed by atoms with Gasteiger partial charge in [0.1, 0.15) is 23.2 Å². The number of benzene rings is 3. The molecule has 3 aromatic heterocycles. The summed E-state index contributed by atoms with van der Waals surface area (Å²) in [5.41, 5.74) is 5.99. The van der Waals surface area contributed by atoms with Crippen molar-refractivity contribution >= 4 is 32.7 Å². The number of para-hydroxylation sites is 1. The van der Waals surface area contributed by atoms with Gasteiger partial charge in [-0.05, 0) is 52.1 Å². The second kappa shape index (κ2) is 6.83. The van der Waals surface area contributed by atoms with Crippen molar-refractivity contribution in [2.45, 2.75) is 26.2 Å². The van der Waals surface area contributed by atoms with Crippen molar-refractivity contribution in [1.82, 2.24) is 4.98 Å². The Morgan fingerprint density at radius 3 is 2.38 bits per heavy atom. The summed E-state index contributed by atoms with van der Waals surface area (Å²) in [5, 5.41) is 4.55. The quantitative estimate of drug-likeness (QED) is 0.284. The molecule has 0 amide bonds. The average molecular weight is 418 g/mol. The lowest BCUT2D eigenvalue weighted by Gasteiger charge is -2.22. The number of nitrogens with zero attached hydrogens (tertiary/aromatic N) is 1. The predicted molar refractivity (Wildman–Crippen MR) is 131 cm³/mol. The molecule has 6 rings (SSSR count). The van der Waals surface area contributed by atoms with Gasteiger partial charge in [0, 0.05) is 22.5 Å². The molecule has 0 unspecified atom stereocenters.